The van der Waals surface area contributed by atoms with Gasteiger partial charge in [0.25, 0.3) is 0 Å². The molecule has 0 aliphatic heterocycles. The highest BCUT2D eigenvalue weighted by molar-refractivity contribution is 5.92. The van der Waals surface area contributed by atoms with E-state index in [4.69, 9.17) is 4.74 Å². The van der Waals surface area contributed by atoms with Gasteiger partial charge in [0.15, 0.2) is 0 Å². The summed E-state index contributed by atoms with van der Waals surface area (Å²) in [6.07, 6.45) is 1.33. The number of hydrogen-bond donors (Lipinski definition) is 0. The molecule has 0 unspecified atom stereocenters. The van der Waals surface area contributed by atoms with Gasteiger partial charge in [0.2, 0.25) is 0 Å². The van der Waals surface area contributed by atoms with Crippen LogP contribution in [0.5, 0.6) is 0 Å². The minimum Gasteiger partial charge on any atom is -0.469 e. The molecule has 0 atom stereocenters. The SMILES string of the molecule is COC(=O)Cc1c(C(=O)OC)cnn1-c1ccc(C)cc1. The smallest absolute Gasteiger partial charge is 0.341 e. The number of aromatic nitrogens is 2. The molecule has 0 radical (unpaired) electrons. The van der Waals surface area contributed by atoms with Gasteiger partial charge in [-0.1, -0.05) is 17.7 Å². The van der Waals surface area contributed by atoms with Crippen molar-refractivity contribution in [2.45, 2.75) is 13.3 Å². The lowest BCUT2D eigenvalue weighted by atomic mass is 10.1. The van der Waals surface area contributed by atoms with Crippen molar-refractivity contribution in [2.75, 3.05) is 14.2 Å². The molecule has 21 heavy (non-hydrogen) atoms. The van der Waals surface area contributed by atoms with Crippen molar-refractivity contribution in [3.8, 4) is 5.69 Å². The van der Waals surface area contributed by atoms with Crippen LogP contribution in [0.1, 0.15) is 21.6 Å². The number of esters is 2. The van der Waals surface area contributed by atoms with Gasteiger partial charge >= 0.3 is 11.9 Å². The van der Waals surface area contributed by atoms with Gasteiger partial charge in [-0.3, -0.25) is 4.79 Å². The highest BCUT2D eigenvalue weighted by Crippen LogP contribution is 2.17. The van der Waals surface area contributed by atoms with E-state index in [2.05, 4.69) is 9.84 Å². The van der Waals surface area contributed by atoms with Crippen LogP contribution < -0.4 is 0 Å². The molecule has 1 heterocycles. The highest BCUT2D eigenvalue weighted by atomic mass is 16.5. The second-order valence-electron chi connectivity index (χ2n) is 4.50. The lowest BCUT2D eigenvalue weighted by Gasteiger charge is -2.08. The zero-order valence-corrected chi connectivity index (χ0v) is 12.1. The van der Waals surface area contributed by atoms with Crippen LogP contribution in [0.4, 0.5) is 0 Å². The molecular weight excluding hydrogens is 272 g/mol. The second-order valence-corrected chi connectivity index (χ2v) is 4.50. The first-order chi connectivity index (χ1) is 10.1. The molecule has 6 heteroatoms. The number of rotatable bonds is 4. The molecule has 0 fully saturated rings. The van der Waals surface area contributed by atoms with Gasteiger partial charge < -0.3 is 9.47 Å². The Morgan fingerprint density at radius 2 is 1.81 bits per heavy atom. The fraction of sp³-hybridized carbons (Fsp3) is 0.267. The zero-order valence-electron chi connectivity index (χ0n) is 12.1. The van der Waals surface area contributed by atoms with Gasteiger partial charge in [-0.25, -0.2) is 9.48 Å². The topological polar surface area (TPSA) is 70.4 Å². The molecule has 110 valence electrons. The van der Waals surface area contributed by atoms with Crippen molar-refractivity contribution in [3.63, 3.8) is 0 Å². The molecule has 0 aliphatic carbocycles. The Labute approximate surface area is 122 Å². The summed E-state index contributed by atoms with van der Waals surface area (Å²) < 4.78 is 10.9. The summed E-state index contributed by atoms with van der Waals surface area (Å²) in [7, 11) is 2.58. The molecule has 0 saturated carbocycles. The first-order valence-corrected chi connectivity index (χ1v) is 6.36. The first-order valence-electron chi connectivity index (χ1n) is 6.36. The lowest BCUT2D eigenvalue weighted by molar-refractivity contribution is -0.139. The van der Waals surface area contributed by atoms with Crippen LogP contribution >= 0.6 is 0 Å². The molecule has 1 aromatic heterocycles. The quantitative estimate of drug-likeness (QED) is 0.801. The number of hydrogen-bond acceptors (Lipinski definition) is 5. The maximum atomic E-state index is 11.8. The summed E-state index contributed by atoms with van der Waals surface area (Å²) in [6.45, 7) is 1.97. The summed E-state index contributed by atoms with van der Waals surface area (Å²) in [5.74, 6) is -0.985. The van der Waals surface area contributed by atoms with Gasteiger partial charge in [-0.2, -0.15) is 5.10 Å². The first kappa shape index (κ1) is 14.8. The molecule has 0 N–H and O–H groups in total. The van der Waals surface area contributed by atoms with E-state index in [-0.39, 0.29) is 12.0 Å². The van der Waals surface area contributed by atoms with E-state index in [1.165, 1.54) is 20.4 Å². The van der Waals surface area contributed by atoms with Crippen molar-refractivity contribution in [2.24, 2.45) is 0 Å². The lowest BCUT2D eigenvalue weighted by Crippen LogP contribution is -2.14. The Morgan fingerprint density at radius 1 is 1.14 bits per heavy atom. The standard InChI is InChI=1S/C15H16N2O4/c1-10-4-6-11(7-5-10)17-13(8-14(18)20-2)12(9-16-17)15(19)21-3/h4-7,9H,8H2,1-3H3. The molecule has 0 amide bonds. The number of carbonyl (C=O) groups excluding carboxylic acids is 2. The number of benzene rings is 1. The van der Waals surface area contributed by atoms with E-state index in [0.717, 1.165) is 11.3 Å². The van der Waals surface area contributed by atoms with Crippen molar-refractivity contribution < 1.29 is 19.1 Å². The fourth-order valence-corrected chi connectivity index (χ4v) is 1.94. The normalized spacial score (nSPS) is 10.2. The predicted molar refractivity (Wildman–Crippen MR) is 75.4 cm³/mol. The average molecular weight is 288 g/mol. The highest BCUT2D eigenvalue weighted by Gasteiger charge is 2.21. The number of methoxy groups -OCH3 is 2. The summed E-state index contributed by atoms with van der Waals surface area (Å²) in [5, 5.41) is 4.18. The van der Waals surface area contributed by atoms with Gasteiger partial charge in [-0.15, -0.1) is 0 Å². The minimum atomic E-state index is -0.535. The second kappa shape index (κ2) is 6.21. The van der Waals surface area contributed by atoms with Crippen LogP contribution in [0.2, 0.25) is 0 Å². The maximum Gasteiger partial charge on any atom is 0.341 e. The van der Waals surface area contributed by atoms with Crippen LogP contribution in [0, 0.1) is 6.92 Å². The Balaban J connectivity index is 2.50. The molecule has 2 rings (SSSR count). The van der Waals surface area contributed by atoms with Crippen molar-refractivity contribution >= 4 is 11.9 Å². The Bertz CT molecular complexity index is 659. The molecule has 1 aromatic carbocycles. The van der Waals surface area contributed by atoms with Crippen LogP contribution in [0.15, 0.2) is 30.5 Å². The van der Waals surface area contributed by atoms with E-state index < -0.39 is 11.9 Å². The number of aryl methyl sites for hydroxylation is 1. The molecule has 0 saturated heterocycles. The molecule has 0 aliphatic rings. The van der Waals surface area contributed by atoms with Crippen LogP contribution in [0.3, 0.4) is 0 Å². The Morgan fingerprint density at radius 3 is 2.38 bits per heavy atom. The largest absolute Gasteiger partial charge is 0.469 e. The molecular formula is C15H16N2O4. The van der Waals surface area contributed by atoms with E-state index in [1.807, 2.05) is 31.2 Å². The van der Waals surface area contributed by atoms with E-state index in [1.54, 1.807) is 4.68 Å². The predicted octanol–water partition coefficient (Wildman–Crippen LogP) is 1.68. The van der Waals surface area contributed by atoms with Crippen molar-refractivity contribution in [1.29, 1.82) is 0 Å². The van der Waals surface area contributed by atoms with Gasteiger partial charge in [-0.05, 0) is 19.1 Å². The molecule has 0 bridgehead atoms. The summed E-state index contributed by atoms with van der Waals surface area (Å²) in [6, 6.07) is 7.59. The average Bonchev–Trinajstić information content (AvgIpc) is 2.90. The number of ether oxygens (including phenoxy) is 2. The number of nitrogens with zero attached hydrogens (tertiary/aromatic N) is 2. The summed E-state index contributed by atoms with van der Waals surface area (Å²) >= 11 is 0. The Hall–Kier alpha value is -2.63. The van der Waals surface area contributed by atoms with Gasteiger partial charge in [0.1, 0.15) is 5.56 Å². The molecule has 0 spiro atoms. The van der Waals surface area contributed by atoms with E-state index >= 15 is 0 Å². The van der Waals surface area contributed by atoms with Crippen molar-refractivity contribution in [1.82, 2.24) is 9.78 Å². The van der Waals surface area contributed by atoms with E-state index in [0.29, 0.717) is 5.69 Å². The van der Waals surface area contributed by atoms with Crippen LogP contribution in [-0.4, -0.2) is 35.9 Å². The fourth-order valence-electron chi connectivity index (χ4n) is 1.94. The van der Waals surface area contributed by atoms with Crippen LogP contribution in [-0.2, 0) is 20.7 Å². The molecule has 6 nitrogen and oxygen atoms in total. The third kappa shape index (κ3) is 3.10. The van der Waals surface area contributed by atoms with Gasteiger partial charge in [0, 0.05) is 0 Å². The maximum absolute atomic E-state index is 11.8. The van der Waals surface area contributed by atoms with Crippen molar-refractivity contribution in [3.05, 3.63) is 47.3 Å². The minimum absolute atomic E-state index is 0.0607. The Kier molecular flexibility index (Phi) is 4.37. The summed E-state index contributed by atoms with van der Waals surface area (Å²) in [4.78, 5) is 23.3. The zero-order chi connectivity index (χ0) is 15.4. The molecule has 2 aromatic rings. The monoisotopic (exact) mass is 288 g/mol. The summed E-state index contributed by atoms with van der Waals surface area (Å²) in [5.41, 5.74) is 2.56. The van der Waals surface area contributed by atoms with Crippen LogP contribution in [0.25, 0.3) is 5.69 Å². The number of carbonyl (C=O) groups is 2. The third-order valence-electron chi connectivity index (χ3n) is 3.09. The van der Waals surface area contributed by atoms with E-state index in [9.17, 15) is 9.59 Å². The van der Waals surface area contributed by atoms with Gasteiger partial charge in [0.05, 0.1) is 38.2 Å². The third-order valence-corrected chi connectivity index (χ3v) is 3.09.